The van der Waals surface area contributed by atoms with Crippen molar-refractivity contribution in [3.8, 4) is 11.5 Å². The molecule has 168 valence electrons. The number of rotatable bonds is 10. The fourth-order valence-corrected chi connectivity index (χ4v) is 4.29. The Morgan fingerprint density at radius 1 is 1.10 bits per heavy atom. The lowest BCUT2D eigenvalue weighted by Gasteiger charge is -2.30. The summed E-state index contributed by atoms with van der Waals surface area (Å²) in [7, 11) is 3.70. The molecule has 6 heteroatoms. The van der Waals surface area contributed by atoms with Crippen LogP contribution in [0.2, 0.25) is 0 Å². The minimum atomic E-state index is 0.131. The summed E-state index contributed by atoms with van der Waals surface area (Å²) in [4.78, 5) is 15.3. The number of benzene rings is 2. The summed E-state index contributed by atoms with van der Waals surface area (Å²) in [5.41, 5.74) is 2.51. The molecule has 0 spiro atoms. The molecule has 1 fully saturated rings. The Hall–Kier alpha value is -2.57. The van der Waals surface area contributed by atoms with Crippen LogP contribution in [0.4, 0.5) is 0 Å². The van der Waals surface area contributed by atoms with Gasteiger partial charge in [0.15, 0.2) is 18.0 Å². The highest BCUT2D eigenvalue weighted by molar-refractivity contribution is 5.77. The molecule has 0 aliphatic carbocycles. The fourth-order valence-electron chi connectivity index (χ4n) is 4.29. The van der Waals surface area contributed by atoms with Crippen LogP contribution in [0.3, 0.4) is 0 Å². The maximum Gasteiger partial charge on any atom is 0.275 e. The summed E-state index contributed by atoms with van der Waals surface area (Å²) in [6, 6.07) is 16.9. The number of quaternary nitrogens is 2. The van der Waals surface area contributed by atoms with Crippen LogP contribution in [0.25, 0.3) is 0 Å². The van der Waals surface area contributed by atoms with Gasteiger partial charge in [0.25, 0.3) is 5.91 Å². The van der Waals surface area contributed by atoms with E-state index in [1.54, 1.807) is 12.0 Å². The zero-order chi connectivity index (χ0) is 22.1. The van der Waals surface area contributed by atoms with E-state index in [2.05, 4.69) is 42.7 Å². The summed E-state index contributed by atoms with van der Waals surface area (Å²) >= 11 is 0. The number of nitrogens with one attached hydrogen (secondary N) is 3. The first-order valence-electron chi connectivity index (χ1n) is 11.3. The topological polar surface area (TPSA) is 56.4 Å². The minimum Gasteiger partial charge on any atom is -0.493 e. The number of ether oxygens (including phenoxy) is 2. The van der Waals surface area contributed by atoms with Crippen molar-refractivity contribution >= 4 is 5.91 Å². The molecule has 1 unspecified atom stereocenters. The van der Waals surface area contributed by atoms with E-state index in [4.69, 9.17) is 9.47 Å². The van der Waals surface area contributed by atoms with Crippen molar-refractivity contribution in [1.29, 1.82) is 0 Å². The van der Waals surface area contributed by atoms with Crippen LogP contribution in [-0.2, 0) is 17.9 Å². The van der Waals surface area contributed by atoms with Crippen molar-refractivity contribution in [3.05, 3.63) is 59.7 Å². The standard InChI is InChI=1S/C25H35N3O3/c1-4-31-23-11-10-21(16-24(23)30-3)17-27(2)19-25(29)26-22-12-14-28(15-13-22)18-20-8-6-5-7-9-20/h5-11,16,22H,4,12-15,17-19H2,1-3H3,(H,26,29)/p+2. The first-order chi connectivity index (χ1) is 15.1. The molecular weight excluding hydrogens is 390 g/mol. The Bertz CT molecular complexity index is 820. The van der Waals surface area contributed by atoms with Gasteiger partial charge in [0.2, 0.25) is 0 Å². The quantitative estimate of drug-likeness (QED) is 0.517. The van der Waals surface area contributed by atoms with Crippen molar-refractivity contribution in [2.75, 3.05) is 40.4 Å². The number of piperidine rings is 1. The smallest absolute Gasteiger partial charge is 0.275 e. The number of hydrogen-bond donors (Lipinski definition) is 3. The molecule has 1 saturated heterocycles. The minimum absolute atomic E-state index is 0.131. The van der Waals surface area contributed by atoms with Gasteiger partial charge >= 0.3 is 0 Å². The molecule has 31 heavy (non-hydrogen) atoms. The van der Waals surface area contributed by atoms with Crippen molar-refractivity contribution in [2.45, 2.75) is 38.9 Å². The third-order valence-electron chi connectivity index (χ3n) is 5.85. The molecule has 3 N–H and O–H groups in total. The van der Waals surface area contributed by atoms with E-state index < -0.39 is 0 Å². The second-order valence-corrected chi connectivity index (χ2v) is 8.48. The fraction of sp³-hybridized carbons (Fsp3) is 0.480. The van der Waals surface area contributed by atoms with Crippen LogP contribution in [-0.4, -0.2) is 52.3 Å². The average Bonchev–Trinajstić information content (AvgIpc) is 2.77. The number of likely N-dealkylation sites (tertiary alicyclic amines) is 1. The molecule has 0 bridgehead atoms. The number of methoxy groups -OCH3 is 1. The van der Waals surface area contributed by atoms with Gasteiger partial charge in [-0.2, -0.15) is 0 Å². The highest BCUT2D eigenvalue weighted by Gasteiger charge is 2.24. The van der Waals surface area contributed by atoms with Gasteiger partial charge in [0, 0.05) is 30.0 Å². The van der Waals surface area contributed by atoms with Crippen LogP contribution >= 0.6 is 0 Å². The lowest BCUT2D eigenvalue weighted by Crippen LogP contribution is -3.12. The van der Waals surface area contributed by atoms with Crippen LogP contribution < -0.4 is 24.6 Å². The number of likely N-dealkylation sites (N-methyl/N-ethyl adjacent to an activating group) is 1. The lowest BCUT2D eigenvalue weighted by molar-refractivity contribution is -0.918. The molecule has 3 rings (SSSR count). The van der Waals surface area contributed by atoms with Crippen LogP contribution in [0.5, 0.6) is 11.5 Å². The second kappa shape index (κ2) is 11.7. The highest BCUT2D eigenvalue weighted by Crippen LogP contribution is 2.27. The van der Waals surface area contributed by atoms with Crippen LogP contribution in [0.15, 0.2) is 48.5 Å². The van der Waals surface area contributed by atoms with Crippen LogP contribution in [0, 0.1) is 0 Å². The molecular formula is C25H37N3O3+2. The Morgan fingerprint density at radius 3 is 2.52 bits per heavy atom. The van der Waals surface area contributed by atoms with E-state index in [-0.39, 0.29) is 5.91 Å². The second-order valence-electron chi connectivity index (χ2n) is 8.48. The third kappa shape index (κ3) is 7.26. The molecule has 1 heterocycles. The summed E-state index contributed by atoms with van der Waals surface area (Å²) in [5, 5.41) is 3.25. The van der Waals surface area contributed by atoms with Crippen LogP contribution in [0.1, 0.15) is 30.9 Å². The Kier molecular flexibility index (Phi) is 8.74. The number of hydrogen-bond acceptors (Lipinski definition) is 3. The number of amides is 1. The van der Waals surface area contributed by atoms with Gasteiger partial charge < -0.3 is 24.6 Å². The number of carbonyl (C=O) groups excluding carboxylic acids is 1. The third-order valence-corrected chi connectivity index (χ3v) is 5.85. The molecule has 0 radical (unpaired) electrons. The predicted octanol–water partition coefficient (Wildman–Crippen LogP) is 0.472. The molecule has 2 aromatic rings. The summed E-state index contributed by atoms with van der Waals surface area (Å²) < 4.78 is 11.0. The largest absolute Gasteiger partial charge is 0.493 e. The van der Waals surface area contributed by atoms with E-state index in [1.165, 1.54) is 5.56 Å². The molecule has 1 aliphatic heterocycles. The van der Waals surface area contributed by atoms with Crippen molar-refractivity contribution < 1.29 is 24.1 Å². The first-order valence-corrected chi connectivity index (χ1v) is 11.3. The van der Waals surface area contributed by atoms with E-state index in [1.807, 2.05) is 25.1 Å². The van der Waals surface area contributed by atoms with Gasteiger partial charge in [-0.05, 0) is 25.1 Å². The van der Waals surface area contributed by atoms with Gasteiger partial charge in [-0.1, -0.05) is 30.3 Å². The molecule has 6 nitrogen and oxygen atoms in total. The zero-order valence-corrected chi connectivity index (χ0v) is 19.1. The van der Waals surface area contributed by atoms with E-state index in [0.29, 0.717) is 19.2 Å². The Labute approximate surface area is 186 Å². The van der Waals surface area contributed by atoms with Crippen molar-refractivity contribution in [1.82, 2.24) is 5.32 Å². The zero-order valence-electron chi connectivity index (χ0n) is 19.1. The highest BCUT2D eigenvalue weighted by atomic mass is 16.5. The molecule has 1 atom stereocenters. The summed E-state index contributed by atoms with van der Waals surface area (Å²) in [5.74, 6) is 1.62. The SMILES string of the molecule is CCOc1ccc(C[NH+](C)CC(=O)NC2CC[NH+](Cc3ccccc3)CC2)cc1OC. The van der Waals surface area contributed by atoms with Gasteiger partial charge in [-0.25, -0.2) is 0 Å². The maximum atomic E-state index is 12.6. The van der Waals surface area contributed by atoms with Gasteiger partial charge in [-0.3, -0.25) is 4.79 Å². The maximum absolute atomic E-state index is 12.6. The monoisotopic (exact) mass is 427 g/mol. The van der Waals surface area contributed by atoms with Gasteiger partial charge in [0.1, 0.15) is 13.1 Å². The normalized spacial score (nSPS) is 19.5. The molecule has 0 aromatic heterocycles. The van der Waals surface area contributed by atoms with E-state index >= 15 is 0 Å². The number of carbonyl (C=O) groups is 1. The Morgan fingerprint density at radius 2 is 1.84 bits per heavy atom. The first kappa shape index (κ1) is 23.1. The Balaban J connectivity index is 1.40. The molecule has 2 aromatic carbocycles. The van der Waals surface area contributed by atoms with Gasteiger partial charge in [0.05, 0.1) is 33.9 Å². The molecule has 1 amide bonds. The van der Waals surface area contributed by atoms with Crippen molar-refractivity contribution in [2.24, 2.45) is 0 Å². The average molecular weight is 428 g/mol. The summed E-state index contributed by atoms with van der Waals surface area (Å²) in [6.45, 7) is 7.07. The van der Waals surface area contributed by atoms with E-state index in [9.17, 15) is 4.79 Å². The predicted molar refractivity (Wildman–Crippen MR) is 122 cm³/mol. The molecule has 1 aliphatic rings. The van der Waals surface area contributed by atoms with Gasteiger partial charge in [-0.15, -0.1) is 0 Å². The van der Waals surface area contributed by atoms with E-state index in [0.717, 1.165) is 61.0 Å². The molecule has 0 saturated carbocycles. The van der Waals surface area contributed by atoms with Crippen molar-refractivity contribution in [3.63, 3.8) is 0 Å². The lowest BCUT2D eigenvalue weighted by atomic mass is 10.0. The summed E-state index contributed by atoms with van der Waals surface area (Å²) in [6.07, 6.45) is 2.09.